The first-order valence-corrected chi connectivity index (χ1v) is 8.56. The largest absolute Gasteiger partial charge is 0.368 e. The molecular weight excluding hydrogens is 356 g/mol. The molecule has 10 heteroatoms. The van der Waals surface area contributed by atoms with Crippen molar-refractivity contribution < 1.29 is 4.79 Å². The first kappa shape index (κ1) is 17.9. The van der Waals surface area contributed by atoms with Crippen LogP contribution >= 0.6 is 11.6 Å². The fraction of sp³-hybridized carbons (Fsp3) is 0.438. The van der Waals surface area contributed by atoms with Crippen LogP contribution in [0.15, 0.2) is 18.6 Å². The second-order valence-electron chi connectivity index (χ2n) is 6.11. The SMILES string of the molecule is [C-]#[N+]CC(=O)N1CC[C@H](CNc2nc(Nc3cnn(C)c3)ncc2Cl)C1. The molecule has 2 N–H and O–H groups in total. The van der Waals surface area contributed by atoms with Gasteiger partial charge in [0.05, 0.1) is 18.1 Å². The second kappa shape index (κ2) is 8.01. The predicted molar refractivity (Wildman–Crippen MR) is 98.2 cm³/mol. The van der Waals surface area contributed by atoms with Crippen molar-refractivity contribution >= 4 is 35.0 Å². The van der Waals surface area contributed by atoms with Gasteiger partial charge in [-0.05, 0) is 12.3 Å². The molecule has 1 atom stereocenters. The zero-order valence-corrected chi connectivity index (χ0v) is 15.1. The maximum absolute atomic E-state index is 11.8. The van der Waals surface area contributed by atoms with Crippen LogP contribution in [-0.4, -0.2) is 56.7 Å². The third-order valence-corrected chi connectivity index (χ3v) is 4.39. The molecule has 2 aromatic rings. The highest BCUT2D eigenvalue weighted by molar-refractivity contribution is 6.32. The highest BCUT2D eigenvalue weighted by Gasteiger charge is 2.27. The molecule has 1 aliphatic heterocycles. The minimum Gasteiger partial charge on any atom is -0.368 e. The molecule has 0 aromatic carbocycles. The van der Waals surface area contributed by atoms with Gasteiger partial charge >= 0.3 is 5.91 Å². The van der Waals surface area contributed by atoms with Crippen molar-refractivity contribution in [1.82, 2.24) is 24.6 Å². The van der Waals surface area contributed by atoms with Gasteiger partial charge in [-0.3, -0.25) is 9.48 Å². The molecule has 9 nitrogen and oxygen atoms in total. The van der Waals surface area contributed by atoms with E-state index in [9.17, 15) is 4.79 Å². The molecule has 0 saturated carbocycles. The Labute approximate surface area is 156 Å². The van der Waals surface area contributed by atoms with Gasteiger partial charge in [-0.25, -0.2) is 11.6 Å². The van der Waals surface area contributed by atoms with Gasteiger partial charge < -0.3 is 20.4 Å². The molecule has 1 saturated heterocycles. The number of rotatable bonds is 6. The Bertz CT molecular complexity index is 830. The number of hydrogen-bond acceptors (Lipinski definition) is 6. The van der Waals surface area contributed by atoms with Crippen LogP contribution in [0.3, 0.4) is 0 Å². The molecule has 2 aromatic heterocycles. The van der Waals surface area contributed by atoms with E-state index in [4.69, 9.17) is 18.2 Å². The summed E-state index contributed by atoms with van der Waals surface area (Å²) in [5.74, 6) is 1.15. The van der Waals surface area contributed by atoms with Crippen molar-refractivity contribution in [3.8, 4) is 0 Å². The summed E-state index contributed by atoms with van der Waals surface area (Å²) in [6.45, 7) is 8.68. The molecule has 0 aliphatic carbocycles. The summed E-state index contributed by atoms with van der Waals surface area (Å²) >= 11 is 6.18. The summed E-state index contributed by atoms with van der Waals surface area (Å²) in [7, 11) is 1.83. The third-order valence-electron chi connectivity index (χ3n) is 4.12. The van der Waals surface area contributed by atoms with Crippen LogP contribution in [0.25, 0.3) is 4.85 Å². The molecule has 0 spiro atoms. The number of aryl methyl sites for hydroxylation is 1. The van der Waals surface area contributed by atoms with Crippen LogP contribution in [0.5, 0.6) is 0 Å². The lowest BCUT2D eigenvalue weighted by Gasteiger charge is -2.15. The van der Waals surface area contributed by atoms with Crippen LogP contribution in [0.2, 0.25) is 5.02 Å². The van der Waals surface area contributed by atoms with Crippen molar-refractivity contribution in [2.24, 2.45) is 13.0 Å². The number of hydrogen-bond donors (Lipinski definition) is 2. The normalized spacial score (nSPS) is 16.3. The van der Waals surface area contributed by atoms with Gasteiger partial charge in [-0.1, -0.05) is 11.6 Å². The van der Waals surface area contributed by atoms with E-state index in [1.807, 2.05) is 13.2 Å². The molecule has 1 fully saturated rings. The van der Waals surface area contributed by atoms with Gasteiger partial charge in [-0.2, -0.15) is 10.1 Å². The summed E-state index contributed by atoms with van der Waals surface area (Å²) in [5.41, 5.74) is 0.783. The molecule has 1 aliphatic rings. The van der Waals surface area contributed by atoms with Crippen LogP contribution < -0.4 is 10.6 Å². The van der Waals surface area contributed by atoms with E-state index in [0.29, 0.717) is 42.3 Å². The minimum atomic E-state index is -0.106. The molecule has 0 radical (unpaired) electrons. The number of aromatic nitrogens is 4. The maximum atomic E-state index is 11.8. The topological polar surface area (TPSA) is 92.3 Å². The summed E-state index contributed by atoms with van der Waals surface area (Å²) in [6, 6.07) is 0. The second-order valence-corrected chi connectivity index (χ2v) is 6.52. The molecule has 3 rings (SSSR count). The Morgan fingerprint density at radius 2 is 2.35 bits per heavy atom. The summed E-state index contributed by atoms with van der Waals surface area (Å²) in [4.78, 5) is 25.2. The number of carbonyl (C=O) groups is 1. The van der Waals surface area contributed by atoms with E-state index in [0.717, 1.165) is 12.1 Å². The lowest BCUT2D eigenvalue weighted by Crippen LogP contribution is -2.31. The number of halogens is 1. The Morgan fingerprint density at radius 1 is 1.50 bits per heavy atom. The third kappa shape index (κ3) is 4.40. The smallest absolute Gasteiger partial charge is 0.302 e. The Balaban J connectivity index is 1.57. The van der Waals surface area contributed by atoms with E-state index < -0.39 is 0 Å². The number of amides is 1. The Hall–Kier alpha value is -2.86. The maximum Gasteiger partial charge on any atom is 0.302 e. The van der Waals surface area contributed by atoms with Crippen molar-refractivity contribution in [3.63, 3.8) is 0 Å². The lowest BCUT2D eigenvalue weighted by atomic mass is 10.1. The summed E-state index contributed by atoms with van der Waals surface area (Å²) < 4.78 is 1.68. The molecule has 0 unspecified atom stereocenters. The van der Waals surface area contributed by atoms with Crippen molar-refractivity contribution in [2.45, 2.75) is 6.42 Å². The Kier molecular flexibility index (Phi) is 5.53. The molecule has 136 valence electrons. The van der Waals surface area contributed by atoms with Gasteiger partial charge in [0.2, 0.25) is 5.95 Å². The number of anilines is 3. The standard InChI is InChI=1S/C16H19ClN8O/c1-18-8-14(26)25-4-3-11(9-25)5-19-15-13(17)7-20-16(23-15)22-12-6-21-24(2)10-12/h6-7,10-11H,3-5,8-9H2,2H3,(H2,19,20,22,23)/t11-/m1/s1. The van der Waals surface area contributed by atoms with E-state index in [1.54, 1.807) is 15.8 Å². The van der Waals surface area contributed by atoms with Gasteiger partial charge in [0.1, 0.15) is 5.02 Å². The van der Waals surface area contributed by atoms with E-state index in [1.165, 1.54) is 6.20 Å². The van der Waals surface area contributed by atoms with Gasteiger partial charge in [0.15, 0.2) is 5.82 Å². The average Bonchev–Trinajstić information content (AvgIpc) is 3.25. The first-order chi connectivity index (χ1) is 12.5. The average molecular weight is 375 g/mol. The highest BCUT2D eigenvalue weighted by Crippen LogP contribution is 2.23. The molecule has 3 heterocycles. The molecule has 1 amide bonds. The Morgan fingerprint density at radius 3 is 3.08 bits per heavy atom. The van der Waals surface area contributed by atoms with Crippen molar-refractivity contribution in [2.75, 3.05) is 36.8 Å². The van der Waals surface area contributed by atoms with E-state index in [2.05, 4.69) is 30.5 Å². The van der Waals surface area contributed by atoms with Crippen LogP contribution in [0.4, 0.5) is 17.5 Å². The highest BCUT2D eigenvalue weighted by atomic mass is 35.5. The van der Waals surface area contributed by atoms with Crippen LogP contribution in [-0.2, 0) is 11.8 Å². The van der Waals surface area contributed by atoms with E-state index in [-0.39, 0.29) is 12.5 Å². The zero-order chi connectivity index (χ0) is 18.5. The monoisotopic (exact) mass is 374 g/mol. The van der Waals surface area contributed by atoms with Gasteiger partial charge in [0.25, 0.3) is 6.54 Å². The van der Waals surface area contributed by atoms with Crippen molar-refractivity contribution in [3.05, 3.63) is 35.0 Å². The molecular formula is C16H19ClN8O. The lowest BCUT2D eigenvalue weighted by molar-refractivity contribution is -0.128. The molecule has 26 heavy (non-hydrogen) atoms. The van der Waals surface area contributed by atoms with E-state index >= 15 is 0 Å². The predicted octanol–water partition coefficient (Wildman–Crippen LogP) is 1.79. The van der Waals surface area contributed by atoms with Gasteiger partial charge in [0, 0.05) is 32.9 Å². The number of nitrogens with one attached hydrogen (secondary N) is 2. The fourth-order valence-electron chi connectivity index (χ4n) is 2.80. The zero-order valence-electron chi connectivity index (χ0n) is 14.3. The van der Waals surface area contributed by atoms with Crippen LogP contribution in [0.1, 0.15) is 6.42 Å². The summed E-state index contributed by atoms with van der Waals surface area (Å²) in [5, 5.41) is 10.8. The quantitative estimate of drug-likeness (QED) is 0.749. The van der Waals surface area contributed by atoms with Gasteiger partial charge in [-0.15, -0.1) is 0 Å². The molecule has 0 bridgehead atoms. The number of nitrogens with zero attached hydrogens (tertiary/aromatic N) is 6. The number of likely N-dealkylation sites (tertiary alicyclic amines) is 1. The van der Waals surface area contributed by atoms with Crippen LogP contribution in [0, 0.1) is 12.5 Å². The minimum absolute atomic E-state index is 0.0821. The van der Waals surface area contributed by atoms with Crippen molar-refractivity contribution in [1.29, 1.82) is 0 Å². The number of carbonyl (C=O) groups excluding carboxylic acids is 1. The summed E-state index contributed by atoms with van der Waals surface area (Å²) in [6.07, 6.45) is 5.92. The first-order valence-electron chi connectivity index (χ1n) is 8.18. The fourth-order valence-corrected chi connectivity index (χ4v) is 2.96.